The van der Waals surface area contributed by atoms with E-state index < -0.39 is 11.7 Å². The number of carbonyl (C=O) groups is 1. The summed E-state index contributed by atoms with van der Waals surface area (Å²) in [4.78, 5) is 11.9. The lowest BCUT2D eigenvalue weighted by atomic mass is 9.62. The van der Waals surface area contributed by atoms with Gasteiger partial charge >= 0.3 is 6.09 Å². The molecule has 0 heterocycles. The topological polar surface area (TPSA) is 73.6 Å². The van der Waals surface area contributed by atoms with Crippen LogP contribution in [0.4, 0.5) is 10.5 Å². The van der Waals surface area contributed by atoms with Crippen molar-refractivity contribution in [2.45, 2.75) is 57.5 Å². The van der Waals surface area contributed by atoms with Crippen LogP contribution in [0.15, 0.2) is 18.2 Å². The van der Waals surface area contributed by atoms with E-state index in [1.165, 1.54) is 12.0 Å². The first-order valence-corrected chi connectivity index (χ1v) is 8.18. The average molecular weight is 320 g/mol. The lowest BCUT2D eigenvalue weighted by molar-refractivity contribution is 0.0635. The number of nitrogens with one attached hydrogen (secondary N) is 1. The maximum Gasteiger partial charge on any atom is 0.412 e. The molecule has 0 atom stereocenters. The lowest BCUT2D eigenvalue weighted by Gasteiger charge is -2.42. The third-order valence-corrected chi connectivity index (χ3v) is 4.38. The number of nitrogens with two attached hydrogens (primary N) is 1. The first-order valence-electron chi connectivity index (χ1n) is 8.18. The van der Waals surface area contributed by atoms with Crippen LogP contribution in [-0.2, 0) is 10.2 Å². The Hall–Kier alpha value is -1.75. The highest BCUT2D eigenvalue weighted by molar-refractivity contribution is 5.87. The predicted molar refractivity (Wildman–Crippen MR) is 92.1 cm³/mol. The minimum atomic E-state index is -0.533. The monoisotopic (exact) mass is 320 g/mol. The van der Waals surface area contributed by atoms with Crippen molar-refractivity contribution in [2.24, 2.45) is 5.73 Å². The Kier molecular flexibility index (Phi) is 5.19. The van der Waals surface area contributed by atoms with Crippen molar-refractivity contribution in [3.05, 3.63) is 23.8 Å². The van der Waals surface area contributed by atoms with Gasteiger partial charge in [0, 0.05) is 0 Å². The van der Waals surface area contributed by atoms with Crippen molar-refractivity contribution < 1.29 is 14.3 Å². The largest absolute Gasteiger partial charge is 0.495 e. The number of anilines is 1. The van der Waals surface area contributed by atoms with Crippen LogP contribution >= 0.6 is 0 Å². The van der Waals surface area contributed by atoms with Crippen LogP contribution in [0.1, 0.15) is 52.0 Å². The van der Waals surface area contributed by atoms with E-state index in [9.17, 15) is 4.79 Å². The Labute approximate surface area is 138 Å². The van der Waals surface area contributed by atoms with Crippen LogP contribution in [0.25, 0.3) is 0 Å². The van der Waals surface area contributed by atoms with Gasteiger partial charge in [0.15, 0.2) is 0 Å². The molecule has 2 rings (SSSR count). The standard InChI is InChI=1S/C18H28N2O3/c1-17(2,3)23-16(21)20-14-7-6-13(12-15(14)22-4)18(10-11-19)8-5-9-18/h6-7,12H,5,8-11,19H2,1-4H3,(H,20,21). The van der Waals surface area contributed by atoms with Gasteiger partial charge in [-0.15, -0.1) is 0 Å². The van der Waals surface area contributed by atoms with E-state index in [0.717, 1.165) is 19.3 Å². The molecule has 5 nitrogen and oxygen atoms in total. The number of amides is 1. The molecule has 1 fully saturated rings. The minimum Gasteiger partial charge on any atom is -0.495 e. The molecule has 0 spiro atoms. The molecule has 1 aromatic rings. The quantitative estimate of drug-likeness (QED) is 0.865. The van der Waals surface area contributed by atoms with E-state index >= 15 is 0 Å². The maximum absolute atomic E-state index is 11.9. The normalized spacial score (nSPS) is 16.4. The fourth-order valence-electron chi connectivity index (χ4n) is 3.10. The number of hydrogen-bond acceptors (Lipinski definition) is 4. The molecule has 0 bridgehead atoms. The third-order valence-electron chi connectivity index (χ3n) is 4.38. The van der Waals surface area contributed by atoms with E-state index in [1.54, 1.807) is 7.11 Å². The molecular weight excluding hydrogens is 292 g/mol. The number of ether oxygens (including phenoxy) is 2. The van der Waals surface area contributed by atoms with Gasteiger partial charge in [0.05, 0.1) is 12.8 Å². The van der Waals surface area contributed by atoms with Gasteiger partial charge in [-0.3, -0.25) is 5.32 Å². The highest BCUT2D eigenvalue weighted by atomic mass is 16.6. The fourth-order valence-corrected chi connectivity index (χ4v) is 3.10. The highest BCUT2D eigenvalue weighted by Gasteiger charge is 2.38. The van der Waals surface area contributed by atoms with E-state index in [4.69, 9.17) is 15.2 Å². The summed E-state index contributed by atoms with van der Waals surface area (Å²) in [5, 5.41) is 2.75. The molecule has 0 aliphatic heterocycles. The number of rotatable bonds is 5. The van der Waals surface area contributed by atoms with E-state index in [2.05, 4.69) is 11.4 Å². The van der Waals surface area contributed by atoms with Gasteiger partial charge in [-0.25, -0.2) is 4.79 Å². The lowest BCUT2D eigenvalue weighted by Crippen LogP contribution is -2.36. The zero-order chi connectivity index (χ0) is 17.1. The second-order valence-corrected chi connectivity index (χ2v) is 7.21. The number of hydrogen-bond donors (Lipinski definition) is 2. The minimum absolute atomic E-state index is 0.173. The number of methoxy groups -OCH3 is 1. The fraction of sp³-hybridized carbons (Fsp3) is 0.611. The summed E-state index contributed by atoms with van der Waals surface area (Å²) in [5.41, 5.74) is 7.28. The summed E-state index contributed by atoms with van der Waals surface area (Å²) in [6, 6.07) is 5.96. The van der Waals surface area contributed by atoms with Gasteiger partial charge in [-0.05, 0) is 69.7 Å². The van der Waals surface area contributed by atoms with Crippen LogP contribution < -0.4 is 15.8 Å². The number of benzene rings is 1. The summed E-state index contributed by atoms with van der Waals surface area (Å²) < 4.78 is 10.7. The first-order chi connectivity index (χ1) is 10.8. The van der Waals surface area contributed by atoms with Crippen molar-refractivity contribution in [3.63, 3.8) is 0 Å². The maximum atomic E-state index is 11.9. The Bertz CT molecular complexity index is 560. The summed E-state index contributed by atoms with van der Waals surface area (Å²) in [5.74, 6) is 0.650. The molecule has 1 aliphatic carbocycles. The molecule has 128 valence electrons. The van der Waals surface area contributed by atoms with E-state index in [0.29, 0.717) is 18.0 Å². The Morgan fingerprint density at radius 2 is 2.04 bits per heavy atom. The van der Waals surface area contributed by atoms with Crippen molar-refractivity contribution in [2.75, 3.05) is 19.0 Å². The van der Waals surface area contributed by atoms with Crippen LogP contribution in [0.2, 0.25) is 0 Å². The van der Waals surface area contributed by atoms with Crippen LogP contribution in [0, 0.1) is 0 Å². The summed E-state index contributed by atoms with van der Waals surface area (Å²) in [7, 11) is 1.61. The van der Waals surface area contributed by atoms with Crippen molar-refractivity contribution in [3.8, 4) is 5.75 Å². The summed E-state index contributed by atoms with van der Waals surface area (Å²) in [6.45, 7) is 6.18. The molecule has 5 heteroatoms. The molecule has 0 saturated heterocycles. The van der Waals surface area contributed by atoms with Gasteiger partial charge in [-0.2, -0.15) is 0 Å². The second-order valence-electron chi connectivity index (χ2n) is 7.21. The molecule has 3 N–H and O–H groups in total. The van der Waals surface area contributed by atoms with Crippen LogP contribution in [0.3, 0.4) is 0 Å². The smallest absolute Gasteiger partial charge is 0.412 e. The second kappa shape index (κ2) is 6.79. The predicted octanol–water partition coefficient (Wildman–Crippen LogP) is 3.81. The Morgan fingerprint density at radius 3 is 2.52 bits per heavy atom. The molecule has 0 aromatic heterocycles. The molecule has 1 aliphatic rings. The molecule has 1 amide bonds. The van der Waals surface area contributed by atoms with Crippen molar-refractivity contribution in [1.29, 1.82) is 0 Å². The first kappa shape index (κ1) is 17.6. The van der Waals surface area contributed by atoms with E-state index in [-0.39, 0.29) is 5.41 Å². The van der Waals surface area contributed by atoms with Gasteiger partial charge in [-0.1, -0.05) is 12.5 Å². The van der Waals surface area contributed by atoms with Crippen LogP contribution in [0.5, 0.6) is 5.75 Å². The molecule has 1 aromatic carbocycles. The zero-order valence-corrected chi connectivity index (χ0v) is 14.6. The average Bonchev–Trinajstić information content (AvgIpc) is 2.41. The molecular formula is C18H28N2O3. The molecule has 0 unspecified atom stereocenters. The zero-order valence-electron chi connectivity index (χ0n) is 14.6. The van der Waals surface area contributed by atoms with Crippen molar-refractivity contribution >= 4 is 11.8 Å². The highest BCUT2D eigenvalue weighted by Crippen LogP contribution is 2.47. The molecule has 0 radical (unpaired) electrons. The summed E-state index contributed by atoms with van der Waals surface area (Å²) in [6.07, 6.45) is 4.05. The SMILES string of the molecule is COc1cc(C2(CCN)CCC2)ccc1NC(=O)OC(C)(C)C. The molecule has 23 heavy (non-hydrogen) atoms. The van der Waals surface area contributed by atoms with Crippen LogP contribution in [-0.4, -0.2) is 25.3 Å². The van der Waals surface area contributed by atoms with Crippen molar-refractivity contribution in [1.82, 2.24) is 0 Å². The molecule has 1 saturated carbocycles. The Morgan fingerprint density at radius 1 is 1.35 bits per heavy atom. The Balaban J connectivity index is 2.18. The van der Waals surface area contributed by atoms with Gasteiger partial charge in [0.1, 0.15) is 11.4 Å². The van der Waals surface area contributed by atoms with E-state index in [1.807, 2.05) is 32.9 Å². The number of carbonyl (C=O) groups excluding carboxylic acids is 1. The third kappa shape index (κ3) is 4.16. The van der Waals surface area contributed by atoms with Gasteiger partial charge in [0.2, 0.25) is 0 Å². The summed E-state index contributed by atoms with van der Waals surface area (Å²) >= 11 is 0. The van der Waals surface area contributed by atoms with Gasteiger partial charge in [0.25, 0.3) is 0 Å². The van der Waals surface area contributed by atoms with Gasteiger partial charge < -0.3 is 15.2 Å².